The standard InChI is InChI=1S/C16H11BrClN3O/c17-10-5-6-15(13(18)9-10)20-21-16(22)12-7-8-19-14-4-2-1-3-11(12)14/h1-9,20H,(H,21,22). The molecule has 3 rings (SSSR count). The van der Waals surface area contributed by atoms with Gasteiger partial charge in [0.05, 0.1) is 21.8 Å². The van der Waals surface area contributed by atoms with E-state index in [0.29, 0.717) is 16.3 Å². The van der Waals surface area contributed by atoms with Crippen molar-refractivity contribution in [2.24, 2.45) is 0 Å². The van der Waals surface area contributed by atoms with Crippen molar-refractivity contribution in [3.05, 3.63) is 69.8 Å². The van der Waals surface area contributed by atoms with E-state index in [1.54, 1.807) is 24.4 Å². The van der Waals surface area contributed by atoms with Crippen LogP contribution in [0.2, 0.25) is 5.02 Å². The van der Waals surface area contributed by atoms with Gasteiger partial charge in [0.2, 0.25) is 0 Å². The fourth-order valence-electron chi connectivity index (χ4n) is 2.08. The Balaban J connectivity index is 1.82. The molecule has 22 heavy (non-hydrogen) atoms. The topological polar surface area (TPSA) is 54.0 Å². The number of aromatic nitrogens is 1. The van der Waals surface area contributed by atoms with E-state index in [4.69, 9.17) is 11.6 Å². The van der Waals surface area contributed by atoms with Gasteiger partial charge in [0, 0.05) is 16.1 Å². The lowest BCUT2D eigenvalue weighted by molar-refractivity contribution is 0.0964. The van der Waals surface area contributed by atoms with Crippen molar-refractivity contribution in [3.63, 3.8) is 0 Å². The lowest BCUT2D eigenvalue weighted by atomic mass is 10.1. The van der Waals surface area contributed by atoms with Crippen LogP contribution >= 0.6 is 27.5 Å². The summed E-state index contributed by atoms with van der Waals surface area (Å²) in [6, 6.07) is 14.5. The monoisotopic (exact) mass is 375 g/mol. The molecule has 0 bridgehead atoms. The number of nitrogens with zero attached hydrogens (tertiary/aromatic N) is 1. The molecule has 1 aromatic heterocycles. The normalized spacial score (nSPS) is 10.5. The Labute approximate surface area is 140 Å². The van der Waals surface area contributed by atoms with Gasteiger partial charge in [0.1, 0.15) is 0 Å². The number of pyridine rings is 1. The lowest BCUT2D eigenvalue weighted by Crippen LogP contribution is -2.29. The molecule has 0 saturated heterocycles. The molecule has 1 amide bonds. The number of para-hydroxylation sites is 1. The summed E-state index contributed by atoms with van der Waals surface area (Å²) in [5.74, 6) is -0.252. The van der Waals surface area contributed by atoms with Crippen molar-refractivity contribution < 1.29 is 4.79 Å². The SMILES string of the molecule is O=C(NNc1ccc(Br)cc1Cl)c1ccnc2ccccc12. The highest BCUT2D eigenvalue weighted by Gasteiger charge is 2.10. The molecule has 2 N–H and O–H groups in total. The largest absolute Gasteiger partial charge is 0.297 e. The van der Waals surface area contributed by atoms with E-state index < -0.39 is 0 Å². The van der Waals surface area contributed by atoms with Crippen LogP contribution in [-0.2, 0) is 0 Å². The average Bonchev–Trinajstić information content (AvgIpc) is 2.53. The van der Waals surface area contributed by atoms with Crippen LogP contribution in [0.15, 0.2) is 59.2 Å². The van der Waals surface area contributed by atoms with Crippen LogP contribution in [0.4, 0.5) is 5.69 Å². The summed E-state index contributed by atoms with van der Waals surface area (Å²) in [6.07, 6.45) is 1.61. The fraction of sp³-hybridized carbons (Fsp3) is 0. The summed E-state index contributed by atoms with van der Waals surface area (Å²) in [7, 11) is 0. The van der Waals surface area contributed by atoms with Gasteiger partial charge in [0.25, 0.3) is 5.91 Å². The molecule has 0 aliphatic heterocycles. The van der Waals surface area contributed by atoms with E-state index in [0.717, 1.165) is 15.4 Å². The number of carbonyl (C=O) groups is 1. The minimum Gasteiger partial charge on any atom is -0.297 e. The highest BCUT2D eigenvalue weighted by Crippen LogP contribution is 2.25. The minimum absolute atomic E-state index is 0.252. The third kappa shape index (κ3) is 3.05. The van der Waals surface area contributed by atoms with E-state index in [1.807, 2.05) is 30.3 Å². The number of hydrogen-bond donors (Lipinski definition) is 2. The number of halogens is 2. The Kier molecular flexibility index (Phi) is 4.27. The number of benzene rings is 2. The molecule has 0 aliphatic carbocycles. The number of hydrogen-bond acceptors (Lipinski definition) is 3. The van der Waals surface area contributed by atoms with E-state index in [2.05, 4.69) is 31.8 Å². The lowest BCUT2D eigenvalue weighted by Gasteiger charge is -2.11. The van der Waals surface area contributed by atoms with Gasteiger partial charge in [0.15, 0.2) is 0 Å². The maximum Gasteiger partial charge on any atom is 0.270 e. The van der Waals surface area contributed by atoms with Gasteiger partial charge >= 0.3 is 0 Å². The van der Waals surface area contributed by atoms with Crippen LogP contribution in [-0.4, -0.2) is 10.9 Å². The molecule has 6 heteroatoms. The van der Waals surface area contributed by atoms with Crippen LogP contribution in [0, 0.1) is 0 Å². The molecule has 110 valence electrons. The zero-order chi connectivity index (χ0) is 15.5. The van der Waals surface area contributed by atoms with E-state index in [9.17, 15) is 4.79 Å². The van der Waals surface area contributed by atoms with Crippen molar-refractivity contribution in [2.75, 3.05) is 5.43 Å². The minimum atomic E-state index is -0.252. The highest BCUT2D eigenvalue weighted by atomic mass is 79.9. The molecule has 0 fully saturated rings. The number of rotatable bonds is 3. The van der Waals surface area contributed by atoms with Gasteiger partial charge in [-0.15, -0.1) is 0 Å². The summed E-state index contributed by atoms with van der Waals surface area (Å²) in [6.45, 7) is 0. The molecule has 0 atom stereocenters. The molecular weight excluding hydrogens is 366 g/mol. The zero-order valence-electron chi connectivity index (χ0n) is 11.3. The van der Waals surface area contributed by atoms with Gasteiger partial charge in [-0.2, -0.15) is 0 Å². The summed E-state index contributed by atoms with van der Waals surface area (Å²) >= 11 is 9.43. The Morgan fingerprint density at radius 2 is 1.95 bits per heavy atom. The maximum absolute atomic E-state index is 12.4. The second-order valence-corrected chi connectivity index (χ2v) is 5.90. The summed E-state index contributed by atoms with van der Waals surface area (Å²) in [4.78, 5) is 16.6. The predicted octanol–water partition coefficient (Wildman–Crippen LogP) is 4.41. The third-order valence-corrected chi connectivity index (χ3v) is 3.94. The molecule has 1 heterocycles. The van der Waals surface area contributed by atoms with Crippen molar-refractivity contribution >= 4 is 50.0 Å². The van der Waals surface area contributed by atoms with E-state index in [1.165, 1.54) is 0 Å². The maximum atomic E-state index is 12.4. The first-order valence-electron chi connectivity index (χ1n) is 6.50. The van der Waals surface area contributed by atoms with Crippen molar-refractivity contribution in [2.45, 2.75) is 0 Å². The van der Waals surface area contributed by atoms with Crippen molar-refractivity contribution in [3.8, 4) is 0 Å². The highest BCUT2D eigenvalue weighted by molar-refractivity contribution is 9.10. The Morgan fingerprint density at radius 1 is 1.14 bits per heavy atom. The van der Waals surface area contributed by atoms with Gasteiger partial charge < -0.3 is 0 Å². The first kappa shape index (κ1) is 14.8. The molecule has 2 aromatic carbocycles. The number of anilines is 1. The number of nitrogens with one attached hydrogen (secondary N) is 2. The van der Waals surface area contributed by atoms with Crippen LogP contribution in [0.3, 0.4) is 0 Å². The quantitative estimate of drug-likeness (QED) is 0.666. The Bertz CT molecular complexity index is 848. The van der Waals surface area contributed by atoms with E-state index in [-0.39, 0.29) is 5.91 Å². The van der Waals surface area contributed by atoms with Crippen LogP contribution < -0.4 is 10.9 Å². The molecular formula is C16H11BrClN3O. The molecule has 0 unspecified atom stereocenters. The third-order valence-electron chi connectivity index (χ3n) is 3.14. The van der Waals surface area contributed by atoms with Gasteiger partial charge in [-0.05, 0) is 30.3 Å². The summed E-state index contributed by atoms with van der Waals surface area (Å²) in [5, 5.41) is 1.31. The van der Waals surface area contributed by atoms with Gasteiger partial charge in [-0.3, -0.25) is 20.6 Å². The molecule has 4 nitrogen and oxygen atoms in total. The summed E-state index contributed by atoms with van der Waals surface area (Å²) in [5.41, 5.74) is 7.43. The molecule has 0 radical (unpaired) electrons. The Hall–Kier alpha value is -2.11. The number of hydrazine groups is 1. The molecule has 3 aromatic rings. The van der Waals surface area contributed by atoms with Crippen LogP contribution in [0.1, 0.15) is 10.4 Å². The second kappa shape index (κ2) is 6.34. The fourth-order valence-corrected chi connectivity index (χ4v) is 2.80. The van der Waals surface area contributed by atoms with Crippen molar-refractivity contribution in [1.82, 2.24) is 10.4 Å². The van der Waals surface area contributed by atoms with Gasteiger partial charge in [-0.25, -0.2) is 0 Å². The predicted molar refractivity (Wildman–Crippen MR) is 92.0 cm³/mol. The first-order chi connectivity index (χ1) is 10.6. The smallest absolute Gasteiger partial charge is 0.270 e. The molecule has 0 spiro atoms. The average molecular weight is 377 g/mol. The molecule has 0 aliphatic rings. The number of amides is 1. The van der Waals surface area contributed by atoms with Crippen LogP contribution in [0.5, 0.6) is 0 Å². The first-order valence-corrected chi connectivity index (χ1v) is 7.67. The van der Waals surface area contributed by atoms with E-state index >= 15 is 0 Å². The Morgan fingerprint density at radius 3 is 2.77 bits per heavy atom. The number of fused-ring (bicyclic) bond motifs is 1. The van der Waals surface area contributed by atoms with Crippen LogP contribution in [0.25, 0.3) is 10.9 Å². The van der Waals surface area contributed by atoms with Gasteiger partial charge in [-0.1, -0.05) is 45.7 Å². The molecule has 0 saturated carbocycles. The summed E-state index contributed by atoms with van der Waals surface area (Å²) < 4.78 is 0.870. The number of carbonyl (C=O) groups excluding carboxylic acids is 1. The zero-order valence-corrected chi connectivity index (χ0v) is 13.6. The second-order valence-electron chi connectivity index (χ2n) is 4.58. The van der Waals surface area contributed by atoms with Crippen molar-refractivity contribution in [1.29, 1.82) is 0 Å².